The zero-order chi connectivity index (χ0) is 23.9. The van der Waals surface area contributed by atoms with Crippen molar-refractivity contribution in [3.8, 4) is 0 Å². The Hall–Kier alpha value is -1.78. The first-order valence-electron chi connectivity index (χ1n) is 10.1. The summed E-state index contributed by atoms with van der Waals surface area (Å²) in [6, 6.07) is 28.4. The number of hydrogen-bond acceptors (Lipinski definition) is 6. The topological polar surface area (TPSA) is 56.0 Å². The third-order valence-electron chi connectivity index (χ3n) is 4.73. The van der Waals surface area contributed by atoms with Crippen LogP contribution in [0.2, 0.25) is 0 Å². The van der Waals surface area contributed by atoms with Gasteiger partial charge in [-0.25, -0.2) is 4.98 Å². The van der Waals surface area contributed by atoms with Gasteiger partial charge in [0.1, 0.15) is 6.20 Å². The van der Waals surface area contributed by atoms with Gasteiger partial charge in [0, 0.05) is 30.6 Å². The summed E-state index contributed by atoms with van der Waals surface area (Å²) in [7, 11) is 0. The van der Waals surface area contributed by atoms with E-state index in [1.54, 1.807) is 17.8 Å². The standard InChI is InChI=1S/C25H18Br2N2O2S3/c26-18-5-10-21(11-6-18)33-25(34-22-12-7-19(27)8-13-22)23-4-2-1-3-17(23)16-32-24-14-9-20(15-28-24)29(30)31/h1-15,25H,16H2. The van der Waals surface area contributed by atoms with Crippen LogP contribution in [0, 0.1) is 10.1 Å². The van der Waals surface area contributed by atoms with Gasteiger partial charge < -0.3 is 0 Å². The Kier molecular flexibility index (Phi) is 9.13. The van der Waals surface area contributed by atoms with Gasteiger partial charge in [0.05, 0.1) is 14.5 Å². The predicted octanol–water partition coefficient (Wildman–Crippen LogP) is 9.39. The maximum absolute atomic E-state index is 10.9. The molecule has 0 bridgehead atoms. The van der Waals surface area contributed by atoms with Crippen molar-refractivity contribution in [3.05, 3.63) is 121 Å². The molecule has 1 heterocycles. The Balaban J connectivity index is 1.59. The molecular formula is C25H18Br2N2O2S3. The number of thioether (sulfide) groups is 3. The van der Waals surface area contributed by atoms with Gasteiger partial charge in [-0.15, -0.1) is 35.3 Å². The second kappa shape index (κ2) is 12.3. The van der Waals surface area contributed by atoms with Gasteiger partial charge in [0.15, 0.2) is 0 Å². The molecule has 0 aliphatic heterocycles. The van der Waals surface area contributed by atoms with Crippen molar-refractivity contribution in [3.63, 3.8) is 0 Å². The van der Waals surface area contributed by atoms with E-state index in [-0.39, 0.29) is 10.3 Å². The van der Waals surface area contributed by atoms with Crippen LogP contribution in [0.4, 0.5) is 5.69 Å². The SMILES string of the molecule is O=[N+]([O-])c1ccc(SCc2ccccc2C(Sc2ccc(Br)cc2)Sc2ccc(Br)cc2)nc1. The van der Waals surface area contributed by atoms with Crippen molar-refractivity contribution < 1.29 is 4.92 Å². The van der Waals surface area contributed by atoms with Crippen LogP contribution in [0.3, 0.4) is 0 Å². The summed E-state index contributed by atoms with van der Waals surface area (Å²) in [6.45, 7) is 0. The average Bonchev–Trinajstić information content (AvgIpc) is 2.85. The van der Waals surface area contributed by atoms with Crippen molar-refractivity contribution in [2.45, 2.75) is 25.2 Å². The fourth-order valence-electron chi connectivity index (χ4n) is 3.04. The number of halogens is 2. The van der Waals surface area contributed by atoms with E-state index >= 15 is 0 Å². The van der Waals surface area contributed by atoms with E-state index in [1.807, 2.05) is 29.6 Å². The van der Waals surface area contributed by atoms with Crippen LogP contribution >= 0.6 is 67.1 Å². The molecule has 4 rings (SSSR count). The Morgan fingerprint density at radius 1 is 0.824 bits per heavy atom. The second-order valence-electron chi connectivity index (χ2n) is 7.07. The fraction of sp³-hybridized carbons (Fsp3) is 0.0800. The van der Waals surface area contributed by atoms with Crippen molar-refractivity contribution in [1.82, 2.24) is 4.98 Å². The van der Waals surface area contributed by atoms with Gasteiger partial charge in [-0.05, 0) is 65.7 Å². The average molecular weight is 634 g/mol. The number of nitrogens with zero attached hydrogens (tertiary/aromatic N) is 2. The predicted molar refractivity (Wildman–Crippen MR) is 150 cm³/mol. The van der Waals surface area contributed by atoms with E-state index in [2.05, 4.69) is 104 Å². The fourth-order valence-corrected chi connectivity index (χ4v) is 7.08. The summed E-state index contributed by atoms with van der Waals surface area (Å²) in [5.41, 5.74) is 2.46. The summed E-state index contributed by atoms with van der Waals surface area (Å²) in [4.78, 5) is 17.1. The molecule has 0 N–H and O–H groups in total. The van der Waals surface area contributed by atoms with Crippen LogP contribution in [0.25, 0.3) is 0 Å². The largest absolute Gasteiger partial charge is 0.287 e. The van der Waals surface area contributed by atoms with Crippen molar-refractivity contribution in [2.24, 2.45) is 0 Å². The summed E-state index contributed by atoms with van der Waals surface area (Å²) >= 11 is 12.3. The first kappa shape index (κ1) is 25.3. The van der Waals surface area contributed by atoms with E-state index in [4.69, 9.17) is 0 Å². The number of benzene rings is 3. The molecule has 4 aromatic rings. The summed E-state index contributed by atoms with van der Waals surface area (Å²) < 4.78 is 2.26. The number of hydrogen-bond donors (Lipinski definition) is 0. The highest BCUT2D eigenvalue weighted by atomic mass is 79.9. The van der Waals surface area contributed by atoms with Crippen LogP contribution in [-0.4, -0.2) is 9.91 Å². The van der Waals surface area contributed by atoms with E-state index in [0.717, 1.165) is 19.7 Å². The maximum atomic E-state index is 10.9. The third-order valence-corrected chi connectivity index (χ3v) is 9.38. The van der Waals surface area contributed by atoms with Gasteiger partial charge in [-0.2, -0.15) is 0 Å². The highest BCUT2D eigenvalue weighted by Gasteiger charge is 2.19. The third kappa shape index (κ3) is 7.11. The van der Waals surface area contributed by atoms with Gasteiger partial charge in [-0.3, -0.25) is 10.1 Å². The molecule has 0 aliphatic rings. The van der Waals surface area contributed by atoms with Crippen molar-refractivity contribution in [2.75, 3.05) is 0 Å². The molecule has 0 amide bonds. The Morgan fingerprint density at radius 3 is 1.94 bits per heavy atom. The van der Waals surface area contributed by atoms with Crippen LogP contribution in [0.15, 0.2) is 115 Å². The highest BCUT2D eigenvalue weighted by Crippen LogP contribution is 2.48. The molecule has 0 radical (unpaired) electrons. The minimum absolute atomic E-state index is 0.00149. The molecule has 0 aliphatic carbocycles. The molecule has 0 spiro atoms. The monoisotopic (exact) mass is 632 g/mol. The minimum atomic E-state index is -0.431. The molecule has 9 heteroatoms. The lowest BCUT2D eigenvalue weighted by molar-refractivity contribution is -0.385. The normalized spacial score (nSPS) is 11.0. The van der Waals surface area contributed by atoms with Crippen molar-refractivity contribution >= 4 is 72.8 Å². The Labute approximate surface area is 227 Å². The zero-order valence-corrected chi connectivity index (χ0v) is 23.3. The lowest BCUT2D eigenvalue weighted by Gasteiger charge is -2.20. The minimum Gasteiger partial charge on any atom is -0.258 e. The lowest BCUT2D eigenvalue weighted by atomic mass is 10.1. The molecule has 0 saturated carbocycles. The Bertz CT molecular complexity index is 1210. The van der Waals surface area contributed by atoms with Crippen LogP contribution in [-0.2, 0) is 5.75 Å². The molecule has 0 saturated heterocycles. The van der Waals surface area contributed by atoms with Crippen LogP contribution in [0.1, 0.15) is 15.7 Å². The summed E-state index contributed by atoms with van der Waals surface area (Å²) in [6.07, 6.45) is 1.31. The summed E-state index contributed by atoms with van der Waals surface area (Å²) in [5.74, 6) is 0.722. The Morgan fingerprint density at radius 2 is 1.41 bits per heavy atom. The molecule has 4 nitrogen and oxygen atoms in total. The second-order valence-corrected chi connectivity index (χ2v) is 12.6. The van der Waals surface area contributed by atoms with E-state index < -0.39 is 4.92 Å². The molecule has 3 aromatic carbocycles. The van der Waals surface area contributed by atoms with Gasteiger partial charge in [0.25, 0.3) is 5.69 Å². The quantitative estimate of drug-likeness (QED) is 0.0792. The smallest absolute Gasteiger partial charge is 0.258 e. The van der Waals surface area contributed by atoms with E-state index in [0.29, 0.717) is 0 Å². The summed E-state index contributed by atoms with van der Waals surface area (Å²) in [5, 5.41) is 11.7. The highest BCUT2D eigenvalue weighted by molar-refractivity contribution is 9.10. The first-order chi connectivity index (χ1) is 16.5. The van der Waals surface area contributed by atoms with Crippen LogP contribution < -0.4 is 0 Å². The molecule has 172 valence electrons. The van der Waals surface area contributed by atoms with Gasteiger partial charge >= 0.3 is 0 Å². The molecule has 34 heavy (non-hydrogen) atoms. The number of rotatable bonds is 9. The lowest BCUT2D eigenvalue weighted by Crippen LogP contribution is -1.97. The first-order valence-corrected chi connectivity index (χ1v) is 14.5. The number of nitro groups is 1. The zero-order valence-electron chi connectivity index (χ0n) is 17.6. The molecule has 0 unspecified atom stereocenters. The van der Waals surface area contributed by atoms with Crippen molar-refractivity contribution in [1.29, 1.82) is 0 Å². The molecular weight excluding hydrogens is 616 g/mol. The number of aromatic nitrogens is 1. The maximum Gasteiger partial charge on any atom is 0.287 e. The van der Waals surface area contributed by atoms with Gasteiger partial charge in [-0.1, -0.05) is 56.1 Å². The van der Waals surface area contributed by atoms with E-state index in [1.165, 1.54) is 33.2 Å². The van der Waals surface area contributed by atoms with E-state index in [9.17, 15) is 10.1 Å². The molecule has 1 aromatic heterocycles. The van der Waals surface area contributed by atoms with Gasteiger partial charge in [0.2, 0.25) is 0 Å². The molecule has 0 atom stereocenters. The number of pyridine rings is 1. The molecule has 0 fully saturated rings. The van der Waals surface area contributed by atoms with Crippen LogP contribution in [0.5, 0.6) is 0 Å².